The van der Waals surface area contributed by atoms with Crippen LogP contribution in [0.15, 0.2) is 48.7 Å². The Morgan fingerprint density at radius 2 is 1.51 bits per heavy atom. The maximum absolute atomic E-state index is 14.5. The van der Waals surface area contributed by atoms with Crippen molar-refractivity contribution in [2.75, 3.05) is 35.0 Å². The number of amides is 2. The number of hydrazine groups is 1. The quantitative estimate of drug-likeness (QED) is 0.233. The van der Waals surface area contributed by atoms with Crippen LogP contribution in [0.3, 0.4) is 0 Å². The lowest BCUT2D eigenvalue weighted by Crippen LogP contribution is -2.51. The van der Waals surface area contributed by atoms with Gasteiger partial charge in [-0.1, -0.05) is 0 Å². The molecular weight excluding hydrogens is 570 g/mol. The van der Waals surface area contributed by atoms with Crippen LogP contribution in [0.2, 0.25) is 0 Å². The van der Waals surface area contributed by atoms with Gasteiger partial charge in [-0.2, -0.15) is 0 Å². The van der Waals surface area contributed by atoms with Crippen LogP contribution in [0, 0.1) is 11.6 Å². The fourth-order valence-electron chi connectivity index (χ4n) is 4.11. The predicted molar refractivity (Wildman–Crippen MR) is 149 cm³/mol. The van der Waals surface area contributed by atoms with Gasteiger partial charge in [-0.3, -0.25) is 15.0 Å². The first-order valence-electron chi connectivity index (χ1n) is 12.9. The largest absolute Gasteiger partial charge is 0.514 e. The van der Waals surface area contributed by atoms with E-state index in [4.69, 9.17) is 23.7 Å². The monoisotopic (exact) mass is 602 g/mol. The van der Waals surface area contributed by atoms with Crippen LogP contribution >= 0.6 is 0 Å². The van der Waals surface area contributed by atoms with Crippen molar-refractivity contribution in [2.45, 2.75) is 25.9 Å². The maximum atomic E-state index is 14.5. The number of carbonyl (C=O) groups excluding carboxylic acids is 3. The number of aromatic nitrogens is 1. The van der Waals surface area contributed by atoms with E-state index in [-0.39, 0.29) is 35.3 Å². The maximum Gasteiger partial charge on any atom is 0.514 e. The third kappa shape index (κ3) is 8.29. The van der Waals surface area contributed by atoms with Crippen molar-refractivity contribution in [3.8, 4) is 23.0 Å². The fraction of sp³-hybridized carbons (Fsp3) is 0.310. The SMILES string of the molecule is CCOC(=O)Oc1c(OC)ccnc1C(=O)N[C@@H](C)C(=O)NN(C)C(c1cc(F)cc(OC)c1)c1cc(F)cc(OC)c1. The lowest BCUT2D eigenvalue weighted by molar-refractivity contribution is -0.127. The zero-order chi connectivity index (χ0) is 31.7. The zero-order valence-electron chi connectivity index (χ0n) is 24.4. The van der Waals surface area contributed by atoms with E-state index in [1.165, 1.54) is 76.8 Å². The number of halogens is 2. The number of nitrogens with zero attached hydrogens (tertiary/aromatic N) is 2. The summed E-state index contributed by atoms with van der Waals surface area (Å²) in [6, 6.07) is 7.16. The smallest absolute Gasteiger partial charge is 0.497 e. The molecule has 0 saturated heterocycles. The predicted octanol–water partition coefficient (Wildman–Crippen LogP) is 3.79. The summed E-state index contributed by atoms with van der Waals surface area (Å²) in [6.45, 7) is 3.00. The molecule has 0 radical (unpaired) electrons. The van der Waals surface area contributed by atoms with Crippen molar-refractivity contribution in [1.82, 2.24) is 20.7 Å². The highest BCUT2D eigenvalue weighted by Crippen LogP contribution is 2.33. The molecule has 43 heavy (non-hydrogen) atoms. The third-order valence-corrected chi connectivity index (χ3v) is 6.06. The number of hydrogen-bond donors (Lipinski definition) is 2. The van der Waals surface area contributed by atoms with Crippen LogP contribution in [0.1, 0.15) is 41.5 Å². The first kappa shape index (κ1) is 32.5. The van der Waals surface area contributed by atoms with Crippen molar-refractivity contribution < 1.29 is 46.8 Å². The van der Waals surface area contributed by atoms with E-state index < -0.39 is 41.7 Å². The van der Waals surface area contributed by atoms with E-state index in [1.54, 1.807) is 19.1 Å². The molecule has 14 heteroatoms. The van der Waals surface area contributed by atoms with Gasteiger partial charge in [0.2, 0.25) is 5.75 Å². The molecule has 2 N–H and O–H groups in total. The Morgan fingerprint density at radius 3 is 2.02 bits per heavy atom. The van der Waals surface area contributed by atoms with Gasteiger partial charge in [0.05, 0.1) is 34.0 Å². The van der Waals surface area contributed by atoms with E-state index in [9.17, 15) is 23.2 Å². The summed E-state index contributed by atoms with van der Waals surface area (Å²) >= 11 is 0. The number of nitrogens with one attached hydrogen (secondary N) is 2. The summed E-state index contributed by atoms with van der Waals surface area (Å²) in [6.07, 6.45) is 0.180. The molecule has 230 valence electrons. The second-order valence-electron chi connectivity index (χ2n) is 9.01. The summed E-state index contributed by atoms with van der Waals surface area (Å²) in [5, 5.41) is 3.81. The zero-order valence-corrected chi connectivity index (χ0v) is 24.4. The van der Waals surface area contributed by atoms with E-state index >= 15 is 0 Å². The van der Waals surface area contributed by atoms with E-state index in [1.807, 2.05) is 0 Å². The minimum absolute atomic E-state index is 0.0272. The van der Waals surface area contributed by atoms with Crippen molar-refractivity contribution in [2.24, 2.45) is 0 Å². The number of carbonyl (C=O) groups is 3. The van der Waals surface area contributed by atoms with Gasteiger partial charge < -0.3 is 29.0 Å². The molecule has 0 bridgehead atoms. The molecule has 0 saturated carbocycles. The molecule has 1 aromatic heterocycles. The van der Waals surface area contributed by atoms with Gasteiger partial charge in [-0.15, -0.1) is 0 Å². The molecule has 3 aromatic rings. The van der Waals surface area contributed by atoms with Crippen molar-refractivity contribution in [3.05, 3.63) is 77.1 Å². The van der Waals surface area contributed by atoms with E-state index in [0.29, 0.717) is 11.1 Å². The second kappa shape index (κ2) is 14.8. The van der Waals surface area contributed by atoms with Crippen LogP contribution in [0.25, 0.3) is 0 Å². The number of ether oxygens (including phenoxy) is 5. The molecule has 2 amide bonds. The van der Waals surface area contributed by atoms with Crippen molar-refractivity contribution in [1.29, 1.82) is 0 Å². The number of pyridine rings is 1. The van der Waals surface area contributed by atoms with E-state index in [2.05, 4.69) is 15.7 Å². The highest BCUT2D eigenvalue weighted by Gasteiger charge is 2.28. The average Bonchev–Trinajstić information content (AvgIpc) is 2.96. The standard InChI is InChI=1S/C29H32F2N4O8/c1-7-42-29(38)43-26-23(41-6)8-9-32-24(26)28(37)33-16(2)27(36)34-35(3)25(17-10-19(30)14-21(12-17)39-4)18-11-20(31)15-22(13-18)40-5/h8-16,25H,7H2,1-6H3,(H,33,37)(H,34,36)/t16-/m0/s1. The van der Waals surface area contributed by atoms with Gasteiger partial charge in [-0.05, 0) is 49.2 Å². The summed E-state index contributed by atoms with van der Waals surface area (Å²) in [4.78, 5) is 42.2. The molecule has 1 atom stereocenters. The van der Waals surface area contributed by atoms with Crippen molar-refractivity contribution in [3.63, 3.8) is 0 Å². The lowest BCUT2D eigenvalue weighted by Gasteiger charge is -2.31. The summed E-state index contributed by atoms with van der Waals surface area (Å²) < 4.78 is 54.4. The van der Waals surface area contributed by atoms with Gasteiger partial charge >= 0.3 is 6.16 Å². The molecule has 0 fully saturated rings. The summed E-state index contributed by atoms with van der Waals surface area (Å²) in [5.41, 5.74) is 2.95. The Morgan fingerprint density at radius 1 is 0.930 bits per heavy atom. The Kier molecular flexibility index (Phi) is 11.2. The van der Waals surface area contributed by atoms with Gasteiger partial charge in [0.15, 0.2) is 11.4 Å². The topological polar surface area (TPSA) is 138 Å². The fourth-order valence-corrected chi connectivity index (χ4v) is 4.11. The Bertz CT molecular complexity index is 1420. The average molecular weight is 603 g/mol. The summed E-state index contributed by atoms with van der Waals surface area (Å²) in [7, 11) is 5.53. The number of benzene rings is 2. The highest BCUT2D eigenvalue weighted by molar-refractivity contribution is 5.99. The third-order valence-electron chi connectivity index (χ3n) is 6.06. The van der Waals surface area contributed by atoms with Crippen LogP contribution in [0.5, 0.6) is 23.0 Å². The number of methoxy groups -OCH3 is 3. The second-order valence-corrected chi connectivity index (χ2v) is 9.01. The first-order valence-corrected chi connectivity index (χ1v) is 12.9. The molecule has 1 heterocycles. The molecule has 0 aliphatic carbocycles. The van der Waals surface area contributed by atoms with Crippen LogP contribution in [-0.4, -0.2) is 69.0 Å². The van der Waals surface area contributed by atoms with Gasteiger partial charge in [0, 0.05) is 31.4 Å². The van der Waals surface area contributed by atoms with E-state index in [0.717, 1.165) is 0 Å². The first-order chi connectivity index (χ1) is 20.5. The molecule has 12 nitrogen and oxygen atoms in total. The Balaban J connectivity index is 1.87. The Hall–Kier alpha value is -4.98. The summed E-state index contributed by atoms with van der Waals surface area (Å²) in [5.74, 6) is -2.64. The van der Waals surface area contributed by atoms with Crippen LogP contribution < -0.4 is 29.7 Å². The molecule has 0 aliphatic rings. The molecule has 3 rings (SSSR count). The van der Waals surface area contributed by atoms with Crippen LogP contribution in [0.4, 0.5) is 13.6 Å². The minimum Gasteiger partial charge on any atom is -0.497 e. The molecule has 0 aliphatic heterocycles. The minimum atomic E-state index is -1.16. The number of rotatable bonds is 12. The van der Waals surface area contributed by atoms with Crippen molar-refractivity contribution >= 4 is 18.0 Å². The lowest BCUT2D eigenvalue weighted by atomic mass is 9.97. The highest BCUT2D eigenvalue weighted by atomic mass is 19.1. The molecule has 0 spiro atoms. The molecule has 2 aromatic carbocycles. The van der Waals surface area contributed by atoms with Gasteiger partial charge in [0.1, 0.15) is 29.2 Å². The van der Waals surface area contributed by atoms with Gasteiger partial charge in [-0.25, -0.2) is 23.6 Å². The molecule has 0 unspecified atom stereocenters. The normalized spacial score (nSPS) is 11.5. The molecular formula is C29H32F2N4O8. The number of hydrogen-bond acceptors (Lipinski definition) is 10. The van der Waals surface area contributed by atoms with Crippen LogP contribution in [-0.2, 0) is 9.53 Å². The van der Waals surface area contributed by atoms with Gasteiger partial charge in [0.25, 0.3) is 11.8 Å². The Labute approximate surface area is 246 Å².